The molecule has 0 aromatic carbocycles. The van der Waals surface area contributed by atoms with Crippen molar-refractivity contribution < 1.29 is 57.5 Å². The number of carbonyl (C=O) groups excluding carboxylic acids is 4. The van der Waals surface area contributed by atoms with E-state index >= 15 is 4.39 Å². The van der Waals surface area contributed by atoms with Crippen LogP contribution in [0, 0.1) is 32.8 Å². The Morgan fingerprint density at radius 1 is 1.17 bits per heavy atom. The predicted octanol–water partition coefficient (Wildman–Crippen LogP) is 2.22. The van der Waals surface area contributed by atoms with Crippen LogP contribution < -0.4 is 5.73 Å². The molecule has 1 aliphatic heterocycles. The zero-order valence-corrected chi connectivity index (χ0v) is 27.0. The Balaban J connectivity index is 1.27. The summed E-state index contributed by atoms with van der Waals surface area (Å²) in [4.78, 5) is 65.5. The molecule has 0 aromatic heterocycles. The summed E-state index contributed by atoms with van der Waals surface area (Å²) in [7, 11) is 0. The maximum absolute atomic E-state index is 17.6. The first-order chi connectivity index (χ1) is 21.9. The van der Waals surface area contributed by atoms with E-state index in [1.807, 2.05) is 0 Å². The van der Waals surface area contributed by atoms with E-state index in [1.54, 1.807) is 33.8 Å². The molecule has 14 nitrogen and oxygen atoms in total. The second kappa shape index (κ2) is 12.3. The van der Waals surface area contributed by atoms with Gasteiger partial charge in [-0.3, -0.25) is 19.2 Å². The summed E-state index contributed by atoms with van der Waals surface area (Å²) in [6.45, 7) is 5.85. The molecule has 0 radical (unpaired) electrons. The molecule has 1 heterocycles. The Bertz CT molecular complexity index is 1400. The van der Waals surface area contributed by atoms with Crippen LogP contribution in [0.3, 0.4) is 0 Å². The van der Waals surface area contributed by atoms with Gasteiger partial charge in [-0.15, -0.1) is 10.1 Å². The summed E-state index contributed by atoms with van der Waals surface area (Å²) in [5, 5.41) is 20.9. The van der Waals surface area contributed by atoms with Crippen LogP contribution >= 0.6 is 0 Å². The lowest BCUT2D eigenvalue weighted by Gasteiger charge is -2.62. The van der Waals surface area contributed by atoms with Gasteiger partial charge in [-0.1, -0.05) is 18.6 Å². The van der Waals surface area contributed by atoms with Crippen LogP contribution in [0.2, 0.25) is 0 Å². The number of allylic oxidation sites excluding steroid dienone is 4. The quantitative estimate of drug-likeness (QED) is 0.133. The Kier molecular flexibility index (Phi) is 9.18. The van der Waals surface area contributed by atoms with Crippen molar-refractivity contribution in [3.8, 4) is 0 Å². The number of alkyl halides is 1. The van der Waals surface area contributed by atoms with E-state index in [4.69, 9.17) is 24.7 Å². The smallest absolute Gasteiger partial charge is 0.323 e. The number of halogens is 1. The lowest BCUT2D eigenvalue weighted by Crippen LogP contribution is -2.70. The van der Waals surface area contributed by atoms with E-state index in [2.05, 4.69) is 4.84 Å². The monoisotopic (exact) mass is 666 g/mol. The van der Waals surface area contributed by atoms with Gasteiger partial charge < -0.3 is 34.6 Å². The zero-order chi connectivity index (χ0) is 34.6. The van der Waals surface area contributed by atoms with Gasteiger partial charge in [0.25, 0.3) is 5.09 Å². The van der Waals surface area contributed by atoms with Crippen molar-refractivity contribution in [1.29, 1.82) is 0 Å². The standard InChI is InChI=1S/C32H43FN2O12/c1-28(2)46-25-14-21-20-8-7-18-13-19(36)9-10-29(18,3)31(20,33)23(37)16-30(21,4)32(25,47-28)24(38)17-44-26(39)15-22(34)27(40)43-11-5-6-12-45-35(41)42/h9-10,13,20-23,25,37H,5-8,11-12,14-17,34H2,1-4H3/t20-,21-,22?,23-,25+,29-,30-,31-,32-/m0/s1. The number of carbonyl (C=O) groups is 4. The largest absolute Gasteiger partial charge is 0.465 e. The molecule has 1 unspecified atom stereocenters. The summed E-state index contributed by atoms with van der Waals surface area (Å²) >= 11 is 0. The van der Waals surface area contributed by atoms with Crippen molar-refractivity contribution in [3.05, 3.63) is 33.9 Å². The average molecular weight is 667 g/mol. The molecule has 0 aromatic rings. The maximum Gasteiger partial charge on any atom is 0.323 e. The van der Waals surface area contributed by atoms with Gasteiger partial charge in [-0.25, -0.2) is 4.39 Å². The molecule has 3 saturated carbocycles. The molecule has 1 saturated heterocycles. The normalized spacial score (nSPS) is 38.6. The van der Waals surface area contributed by atoms with Crippen molar-refractivity contribution in [2.24, 2.45) is 28.4 Å². The highest BCUT2D eigenvalue weighted by Gasteiger charge is 2.80. The van der Waals surface area contributed by atoms with Crippen LogP contribution in [-0.4, -0.2) is 88.8 Å². The van der Waals surface area contributed by atoms with Crippen molar-refractivity contribution in [2.45, 2.75) is 108 Å². The molecule has 4 aliphatic carbocycles. The molecule has 0 bridgehead atoms. The van der Waals surface area contributed by atoms with Crippen LogP contribution in [0.5, 0.6) is 0 Å². The first-order valence-electron chi connectivity index (χ1n) is 16.0. The third-order valence-corrected chi connectivity index (χ3v) is 11.1. The van der Waals surface area contributed by atoms with Crippen molar-refractivity contribution >= 4 is 23.5 Å². The molecule has 260 valence electrons. The Morgan fingerprint density at radius 3 is 2.57 bits per heavy atom. The third-order valence-electron chi connectivity index (χ3n) is 11.1. The van der Waals surface area contributed by atoms with E-state index in [0.29, 0.717) is 18.4 Å². The first-order valence-corrected chi connectivity index (χ1v) is 16.0. The molecular weight excluding hydrogens is 623 g/mol. The minimum absolute atomic E-state index is 0.0872. The van der Waals surface area contributed by atoms with Crippen LogP contribution in [0.4, 0.5) is 4.39 Å². The summed E-state index contributed by atoms with van der Waals surface area (Å²) < 4.78 is 40.5. The number of Topliss-reactive ketones (excluding diaryl/α,β-unsaturated/α-hetero) is 1. The molecule has 3 N–H and O–H groups in total. The number of ether oxygens (including phenoxy) is 4. The fourth-order valence-electron chi connectivity index (χ4n) is 9.01. The molecule has 47 heavy (non-hydrogen) atoms. The first kappa shape index (κ1) is 35.0. The highest BCUT2D eigenvalue weighted by Crippen LogP contribution is 2.72. The predicted molar refractivity (Wildman–Crippen MR) is 158 cm³/mol. The van der Waals surface area contributed by atoms with Gasteiger partial charge in [0, 0.05) is 16.7 Å². The number of aliphatic hydroxyl groups excluding tert-OH is 1. The minimum Gasteiger partial charge on any atom is -0.465 e. The van der Waals surface area contributed by atoms with Crippen molar-refractivity contribution in [3.63, 3.8) is 0 Å². The molecule has 0 amide bonds. The fraction of sp³-hybridized carbons (Fsp3) is 0.750. The van der Waals surface area contributed by atoms with E-state index in [9.17, 15) is 34.4 Å². The summed E-state index contributed by atoms with van der Waals surface area (Å²) in [6.07, 6.45) is 2.94. The summed E-state index contributed by atoms with van der Waals surface area (Å²) in [5.41, 5.74) is 0.345. The number of nitrogens with zero attached hydrogens (tertiary/aromatic N) is 1. The SMILES string of the molecule is CC1(C)O[C@@H]2C[C@H]3[C@@H]4CCC5=CC(=O)C=C[C@]5(C)[C@@]4(F)[C@@H](O)C[C@]3(C)[C@@]2(C(=O)COC(=O)CC(N)C(=O)OCCCCO[N+](=O)[O-])O1. The third kappa shape index (κ3) is 5.68. The Morgan fingerprint density at radius 2 is 1.87 bits per heavy atom. The number of rotatable bonds is 12. The van der Waals surface area contributed by atoms with Crippen LogP contribution in [0.1, 0.15) is 72.6 Å². The van der Waals surface area contributed by atoms with Gasteiger partial charge in [0.15, 0.2) is 29.4 Å². The second-order valence-corrected chi connectivity index (χ2v) is 14.2. The second-order valence-electron chi connectivity index (χ2n) is 14.2. The van der Waals surface area contributed by atoms with Gasteiger partial charge in [-0.05, 0) is 77.4 Å². The van der Waals surface area contributed by atoms with Crippen LogP contribution in [0.15, 0.2) is 23.8 Å². The zero-order valence-electron chi connectivity index (χ0n) is 27.0. The van der Waals surface area contributed by atoms with Crippen molar-refractivity contribution in [2.75, 3.05) is 19.8 Å². The highest BCUT2D eigenvalue weighted by atomic mass is 19.1. The van der Waals surface area contributed by atoms with Gasteiger partial charge in [-0.2, -0.15) is 0 Å². The van der Waals surface area contributed by atoms with E-state index < -0.39 is 93.8 Å². The van der Waals surface area contributed by atoms with E-state index in [-0.39, 0.29) is 44.7 Å². The molecular formula is C32H43FN2O12. The van der Waals surface area contributed by atoms with Gasteiger partial charge in [0.1, 0.15) is 6.04 Å². The average Bonchev–Trinajstić information content (AvgIpc) is 3.39. The van der Waals surface area contributed by atoms with E-state index in [1.165, 1.54) is 12.2 Å². The lowest BCUT2D eigenvalue weighted by atomic mass is 9.44. The summed E-state index contributed by atoms with van der Waals surface area (Å²) in [5.74, 6) is -4.98. The maximum atomic E-state index is 17.6. The molecule has 5 aliphatic rings. The van der Waals surface area contributed by atoms with Gasteiger partial charge >= 0.3 is 11.9 Å². The number of ketones is 2. The topological polar surface area (TPSA) is 204 Å². The molecule has 5 rings (SSSR count). The highest BCUT2D eigenvalue weighted by molar-refractivity contribution is 6.01. The molecule has 0 spiro atoms. The number of nitrogens with two attached hydrogens (primary N) is 1. The lowest BCUT2D eigenvalue weighted by molar-refractivity contribution is -0.757. The summed E-state index contributed by atoms with van der Waals surface area (Å²) in [6, 6.07) is -1.38. The minimum atomic E-state index is -2.11. The number of hydrogen-bond donors (Lipinski definition) is 2. The van der Waals surface area contributed by atoms with Gasteiger partial charge in [0.05, 0.1) is 31.8 Å². The Labute approximate surface area is 271 Å². The van der Waals surface area contributed by atoms with Gasteiger partial charge in [0.2, 0.25) is 5.78 Å². The number of hydrogen-bond acceptors (Lipinski definition) is 13. The number of fused-ring (bicyclic) bond motifs is 7. The number of esters is 2. The number of aliphatic hydroxyl groups is 1. The molecule has 15 heteroatoms. The van der Waals surface area contributed by atoms with Crippen LogP contribution in [-0.2, 0) is 43.0 Å². The Hall–Kier alpha value is -3.27. The van der Waals surface area contributed by atoms with E-state index in [0.717, 1.165) is 0 Å². The molecule has 9 atom stereocenters. The van der Waals surface area contributed by atoms with Crippen molar-refractivity contribution in [1.82, 2.24) is 0 Å². The fourth-order valence-corrected chi connectivity index (χ4v) is 9.01. The number of unbranched alkanes of at least 4 members (excludes halogenated alkanes) is 1. The molecule has 4 fully saturated rings. The van der Waals surface area contributed by atoms with Crippen LogP contribution in [0.25, 0.3) is 0 Å².